The van der Waals surface area contributed by atoms with Crippen LogP contribution in [0.3, 0.4) is 0 Å². The summed E-state index contributed by atoms with van der Waals surface area (Å²) in [6.07, 6.45) is 1.20. The maximum atomic E-state index is 5.50. The van der Waals surface area contributed by atoms with E-state index in [9.17, 15) is 0 Å². The van der Waals surface area contributed by atoms with Gasteiger partial charge in [-0.05, 0) is 19.4 Å². The van der Waals surface area contributed by atoms with Gasteiger partial charge < -0.3 is 19.5 Å². The summed E-state index contributed by atoms with van der Waals surface area (Å²) in [7, 11) is 1.70. The summed E-state index contributed by atoms with van der Waals surface area (Å²) in [5, 5.41) is 3.48. The van der Waals surface area contributed by atoms with E-state index in [1.165, 1.54) is 5.56 Å². The van der Waals surface area contributed by atoms with Gasteiger partial charge >= 0.3 is 0 Å². The lowest BCUT2D eigenvalue weighted by Gasteiger charge is -2.25. The summed E-state index contributed by atoms with van der Waals surface area (Å²) in [4.78, 5) is 0. The Kier molecular flexibility index (Phi) is 4.99. The second-order valence-electron chi connectivity index (χ2n) is 4.48. The van der Waals surface area contributed by atoms with Crippen LogP contribution >= 0.6 is 0 Å². The molecule has 4 heteroatoms. The molecule has 1 unspecified atom stereocenters. The first kappa shape index (κ1) is 13.3. The Balaban J connectivity index is 1.88. The molecule has 0 aromatic heterocycles. The minimum Gasteiger partial charge on any atom is -0.496 e. The van der Waals surface area contributed by atoms with Crippen molar-refractivity contribution in [2.24, 2.45) is 0 Å². The number of hydrogen-bond donors (Lipinski definition) is 1. The summed E-state index contributed by atoms with van der Waals surface area (Å²) < 4.78 is 16.0. The Bertz CT molecular complexity index is 364. The minimum absolute atomic E-state index is 0.243. The summed E-state index contributed by atoms with van der Waals surface area (Å²) in [6, 6.07) is 8.32. The van der Waals surface area contributed by atoms with Gasteiger partial charge in [0.25, 0.3) is 0 Å². The van der Waals surface area contributed by atoms with Gasteiger partial charge in [-0.25, -0.2) is 0 Å². The van der Waals surface area contributed by atoms with Crippen LogP contribution in [-0.4, -0.2) is 33.2 Å². The average molecular weight is 251 g/mol. The Labute approximate surface area is 108 Å². The molecule has 1 aromatic carbocycles. The number of ether oxygens (including phenoxy) is 3. The van der Waals surface area contributed by atoms with Gasteiger partial charge in [-0.15, -0.1) is 0 Å². The smallest absolute Gasteiger partial charge is 0.147 e. The van der Waals surface area contributed by atoms with Gasteiger partial charge in [0, 0.05) is 18.2 Å². The molecule has 0 radical (unpaired) electrons. The molecule has 1 aliphatic heterocycles. The van der Waals surface area contributed by atoms with Gasteiger partial charge in [0.2, 0.25) is 0 Å². The number of benzene rings is 1. The molecule has 1 fully saturated rings. The first-order chi connectivity index (χ1) is 8.81. The molecule has 0 amide bonds. The van der Waals surface area contributed by atoms with Crippen molar-refractivity contribution < 1.29 is 14.2 Å². The topological polar surface area (TPSA) is 39.7 Å². The van der Waals surface area contributed by atoms with Gasteiger partial charge in [0.1, 0.15) is 12.5 Å². The SMILES string of the molecule is COc1ccccc1[C@H](C)NCC1CCOCO1. The monoisotopic (exact) mass is 251 g/mol. The van der Waals surface area contributed by atoms with Crippen LogP contribution in [0.25, 0.3) is 0 Å². The maximum Gasteiger partial charge on any atom is 0.147 e. The summed E-state index contributed by atoms with van der Waals surface area (Å²) in [5.41, 5.74) is 1.17. The Morgan fingerprint density at radius 2 is 2.28 bits per heavy atom. The van der Waals surface area contributed by atoms with Crippen LogP contribution in [0.15, 0.2) is 24.3 Å². The van der Waals surface area contributed by atoms with Gasteiger partial charge in [-0.3, -0.25) is 0 Å². The molecule has 0 aliphatic carbocycles. The van der Waals surface area contributed by atoms with Crippen LogP contribution in [-0.2, 0) is 9.47 Å². The van der Waals surface area contributed by atoms with Gasteiger partial charge in [-0.1, -0.05) is 18.2 Å². The number of methoxy groups -OCH3 is 1. The summed E-state index contributed by atoms with van der Waals surface area (Å²) in [6.45, 7) is 4.17. The molecule has 0 spiro atoms. The van der Waals surface area contributed by atoms with Crippen molar-refractivity contribution in [3.63, 3.8) is 0 Å². The van der Waals surface area contributed by atoms with Crippen molar-refractivity contribution in [1.29, 1.82) is 0 Å². The lowest BCUT2D eigenvalue weighted by molar-refractivity contribution is -0.137. The lowest BCUT2D eigenvalue weighted by Crippen LogP contribution is -2.35. The summed E-state index contributed by atoms with van der Waals surface area (Å²) >= 11 is 0. The van der Waals surface area contributed by atoms with Crippen LogP contribution in [0, 0.1) is 0 Å². The highest BCUT2D eigenvalue weighted by Gasteiger charge is 2.16. The third kappa shape index (κ3) is 3.45. The quantitative estimate of drug-likeness (QED) is 0.870. The standard InChI is InChI=1S/C14H21NO3/c1-11(13-5-3-4-6-14(13)16-2)15-9-12-7-8-17-10-18-12/h3-6,11-12,15H,7-10H2,1-2H3/t11-,12?/m0/s1. The molecular formula is C14H21NO3. The minimum atomic E-state index is 0.243. The lowest BCUT2D eigenvalue weighted by atomic mass is 10.1. The zero-order valence-electron chi connectivity index (χ0n) is 11.0. The van der Waals surface area contributed by atoms with E-state index in [2.05, 4.69) is 18.3 Å². The van der Waals surface area contributed by atoms with Crippen molar-refractivity contribution in [3.8, 4) is 5.75 Å². The predicted octanol–water partition coefficient (Wildman–Crippen LogP) is 2.11. The van der Waals surface area contributed by atoms with Crippen LogP contribution in [0.1, 0.15) is 24.9 Å². The van der Waals surface area contributed by atoms with E-state index in [0.717, 1.165) is 25.3 Å². The highest BCUT2D eigenvalue weighted by molar-refractivity contribution is 5.35. The highest BCUT2D eigenvalue weighted by Crippen LogP contribution is 2.24. The molecular weight excluding hydrogens is 230 g/mol. The van der Waals surface area contributed by atoms with E-state index in [0.29, 0.717) is 6.79 Å². The fraction of sp³-hybridized carbons (Fsp3) is 0.571. The van der Waals surface area contributed by atoms with Crippen molar-refractivity contribution in [2.75, 3.05) is 27.1 Å². The second kappa shape index (κ2) is 6.73. The fourth-order valence-corrected chi connectivity index (χ4v) is 2.10. The highest BCUT2D eigenvalue weighted by atomic mass is 16.7. The second-order valence-corrected chi connectivity index (χ2v) is 4.48. The Hall–Kier alpha value is -1.10. The molecule has 0 saturated carbocycles. The molecule has 1 N–H and O–H groups in total. The van der Waals surface area contributed by atoms with E-state index < -0.39 is 0 Å². The van der Waals surface area contributed by atoms with Gasteiger partial charge in [0.05, 0.1) is 19.8 Å². The van der Waals surface area contributed by atoms with E-state index in [1.54, 1.807) is 7.11 Å². The number of rotatable bonds is 5. The molecule has 1 saturated heterocycles. The third-order valence-electron chi connectivity index (χ3n) is 3.23. The first-order valence-corrected chi connectivity index (χ1v) is 6.37. The molecule has 4 nitrogen and oxygen atoms in total. The molecule has 1 heterocycles. The van der Waals surface area contributed by atoms with Gasteiger partial charge in [-0.2, -0.15) is 0 Å². The maximum absolute atomic E-state index is 5.50. The van der Waals surface area contributed by atoms with Crippen molar-refractivity contribution >= 4 is 0 Å². The molecule has 2 rings (SSSR count). The molecule has 100 valence electrons. The van der Waals surface area contributed by atoms with E-state index in [4.69, 9.17) is 14.2 Å². The molecule has 1 aliphatic rings. The zero-order chi connectivity index (χ0) is 12.8. The largest absolute Gasteiger partial charge is 0.496 e. The van der Waals surface area contributed by atoms with Crippen LogP contribution in [0.5, 0.6) is 5.75 Å². The number of hydrogen-bond acceptors (Lipinski definition) is 4. The fourth-order valence-electron chi connectivity index (χ4n) is 2.10. The molecule has 18 heavy (non-hydrogen) atoms. The third-order valence-corrected chi connectivity index (χ3v) is 3.23. The van der Waals surface area contributed by atoms with Gasteiger partial charge in [0.15, 0.2) is 0 Å². The van der Waals surface area contributed by atoms with Crippen molar-refractivity contribution in [3.05, 3.63) is 29.8 Å². The first-order valence-electron chi connectivity index (χ1n) is 6.37. The molecule has 2 atom stereocenters. The Morgan fingerprint density at radius 1 is 1.44 bits per heavy atom. The van der Waals surface area contributed by atoms with E-state index in [1.807, 2.05) is 18.2 Å². The number of nitrogens with one attached hydrogen (secondary N) is 1. The van der Waals surface area contributed by atoms with Crippen LogP contribution in [0.2, 0.25) is 0 Å². The van der Waals surface area contributed by atoms with E-state index in [-0.39, 0.29) is 12.1 Å². The van der Waals surface area contributed by atoms with Crippen LogP contribution in [0.4, 0.5) is 0 Å². The van der Waals surface area contributed by atoms with Crippen molar-refractivity contribution in [2.45, 2.75) is 25.5 Å². The Morgan fingerprint density at radius 3 is 3.00 bits per heavy atom. The summed E-state index contributed by atoms with van der Waals surface area (Å²) in [5.74, 6) is 0.922. The van der Waals surface area contributed by atoms with E-state index >= 15 is 0 Å². The predicted molar refractivity (Wildman–Crippen MR) is 69.7 cm³/mol. The molecule has 0 bridgehead atoms. The zero-order valence-corrected chi connectivity index (χ0v) is 11.0. The average Bonchev–Trinajstić information content (AvgIpc) is 2.45. The molecule has 1 aromatic rings. The van der Waals surface area contributed by atoms with Crippen molar-refractivity contribution in [1.82, 2.24) is 5.32 Å². The normalized spacial score (nSPS) is 21.6. The number of para-hydroxylation sites is 1. The van der Waals surface area contributed by atoms with Crippen LogP contribution < -0.4 is 10.1 Å².